The predicted octanol–water partition coefficient (Wildman–Crippen LogP) is 0.943. The molecular weight excluding hydrogens is 349 g/mol. The van der Waals surface area contributed by atoms with Crippen LogP contribution in [0.1, 0.15) is 23.2 Å². The van der Waals surface area contributed by atoms with Crippen LogP contribution >= 0.6 is 0 Å². The number of halogens is 1. The van der Waals surface area contributed by atoms with Gasteiger partial charge in [0.2, 0.25) is 10.0 Å². The van der Waals surface area contributed by atoms with Crippen LogP contribution in [0.3, 0.4) is 0 Å². The minimum atomic E-state index is -3.58. The molecule has 2 rings (SSSR count). The second kappa shape index (κ2) is 8.11. The molecule has 1 aromatic rings. The van der Waals surface area contributed by atoms with Gasteiger partial charge in [-0.3, -0.25) is 9.52 Å². The fourth-order valence-electron chi connectivity index (χ4n) is 2.99. The number of carbonyl (C=O) groups is 1. The van der Waals surface area contributed by atoms with E-state index in [-0.39, 0.29) is 16.7 Å². The van der Waals surface area contributed by atoms with Gasteiger partial charge < -0.3 is 15.4 Å². The Balaban J connectivity index is 2.15. The van der Waals surface area contributed by atoms with Crippen LogP contribution in [0.15, 0.2) is 18.2 Å². The molecule has 1 amide bonds. The first-order chi connectivity index (χ1) is 11.7. The quantitative estimate of drug-likeness (QED) is 0.661. The summed E-state index contributed by atoms with van der Waals surface area (Å²) in [5.41, 5.74) is -0.188. The van der Waals surface area contributed by atoms with Crippen molar-refractivity contribution in [2.45, 2.75) is 12.8 Å². The van der Waals surface area contributed by atoms with E-state index in [0.29, 0.717) is 13.2 Å². The minimum Gasteiger partial charge on any atom is -0.384 e. The Kier molecular flexibility index (Phi) is 6.36. The first-order valence-electron chi connectivity index (χ1n) is 8.00. The Labute approximate surface area is 147 Å². The highest BCUT2D eigenvalue weighted by Gasteiger charge is 2.32. The smallest absolute Gasteiger partial charge is 0.253 e. The van der Waals surface area contributed by atoms with Crippen LogP contribution in [0.2, 0.25) is 0 Å². The predicted molar refractivity (Wildman–Crippen MR) is 93.6 cm³/mol. The minimum absolute atomic E-state index is 0.0486. The van der Waals surface area contributed by atoms with Crippen LogP contribution in [-0.4, -0.2) is 53.9 Å². The van der Waals surface area contributed by atoms with Gasteiger partial charge in [0.15, 0.2) is 0 Å². The summed E-state index contributed by atoms with van der Waals surface area (Å²) < 4.78 is 44.0. The average molecular weight is 373 g/mol. The van der Waals surface area contributed by atoms with E-state index in [2.05, 4.69) is 15.4 Å². The van der Waals surface area contributed by atoms with Crippen LogP contribution in [-0.2, 0) is 14.8 Å². The topological polar surface area (TPSA) is 96.5 Å². The highest BCUT2D eigenvalue weighted by Crippen LogP contribution is 2.28. The number of anilines is 1. The molecule has 25 heavy (non-hydrogen) atoms. The number of hydrogen-bond donors (Lipinski definition) is 3. The van der Waals surface area contributed by atoms with Crippen LogP contribution < -0.4 is 15.4 Å². The van der Waals surface area contributed by atoms with Crippen LogP contribution in [0.5, 0.6) is 0 Å². The van der Waals surface area contributed by atoms with E-state index in [1.54, 1.807) is 7.11 Å². The number of amides is 1. The normalized spacial score (nSPS) is 17.1. The van der Waals surface area contributed by atoms with Gasteiger partial charge in [-0.1, -0.05) is 0 Å². The summed E-state index contributed by atoms with van der Waals surface area (Å²) in [7, 11) is -1.97. The zero-order chi connectivity index (χ0) is 18.5. The summed E-state index contributed by atoms with van der Waals surface area (Å²) in [6, 6.07) is 3.36. The largest absolute Gasteiger partial charge is 0.384 e. The lowest BCUT2D eigenvalue weighted by Crippen LogP contribution is -2.47. The van der Waals surface area contributed by atoms with Crippen LogP contribution in [0, 0.1) is 11.2 Å². The molecule has 140 valence electrons. The number of ether oxygens (including phenoxy) is 1. The number of benzene rings is 1. The molecule has 1 saturated heterocycles. The number of sulfonamides is 1. The first kappa shape index (κ1) is 19.6. The Hall–Kier alpha value is -1.71. The number of nitrogens with one attached hydrogen (secondary N) is 3. The van der Waals surface area contributed by atoms with Crippen molar-refractivity contribution in [1.82, 2.24) is 10.6 Å². The van der Waals surface area contributed by atoms with Crippen molar-refractivity contribution in [2.24, 2.45) is 5.41 Å². The Morgan fingerprint density at radius 3 is 2.64 bits per heavy atom. The maximum Gasteiger partial charge on any atom is 0.253 e. The summed E-state index contributed by atoms with van der Waals surface area (Å²) in [5.74, 6) is -1.14. The number of carbonyl (C=O) groups excluding carboxylic acids is 1. The third-order valence-corrected chi connectivity index (χ3v) is 4.85. The molecule has 1 aliphatic heterocycles. The van der Waals surface area contributed by atoms with E-state index in [9.17, 15) is 17.6 Å². The molecule has 0 spiro atoms. The molecule has 0 bridgehead atoms. The van der Waals surface area contributed by atoms with Crippen molar-refractivity contribution in [3.8, 4) is 0 Å². The molecule has 0 unspecified atom stereocenters. The Morgan fingerprint density at radius 1 is 1.36 bits per heavy atom. The van der Waals surface area contributed by atoms with Crippen molar-refractivity contribution in [2.75, 3.05) is 44.3 Å². The highest BCUT2D eigenvalue weighted by molar-refractivity contribution is 7.92. The summed E-state index contributed by atoms with van der Waals surface area (Å²) >= 11 is 0. The van der Waals surface area contributed by atoms with Crippen molar-refractivity contribution < 1.29 is 22.3 Å². The summed E-state index contributed by atoms with van der Waals surface area (Å²) in [6.07, 6.45) is 2.66. The second-order valence-electron chi connectivity index (χ2n) is 6.43. The zero-order valence-electron chi connectivity index (χ0n) is 14.4. The molecule has 1 aliphatic rings. The van der Waals surface area contributed by atoms with Gasteiger partial charge in [-0.2, -0.15) is 0 Å². The fourth-order valence-corrected chi connectivity index (χ4v) is 3.57. The lowest BCUT2D eigenvalue weighted by Gasteiger charge is -2.37. The molecule has 1 fully saturated rings. The van der Waals surface area contributed by atoms with E-state index >= 15 is 0 Å². The molecule has 1 heterocycles. The third-order valence-electron chi connectivity index (χ3n) is 4.26. The van der Waals surface area contributed by atoms with E-state index < -0.39 is 21.7 Å². The van der Waals surface area contributed by atoms with E-state index in [1.807, 2.05) is 0 Å². The van der Waals surface area contributed by atoms with Crippen molar-refractivity contribution in [3.05, 3.63) is 29.6 Å². The standard InChI is InChI=1S/C16H24FN3O4S/c1-24-11-16(5-7-18-8-6-16)10-19-15(21)13-9-12(17)3-4-14(13)20-25(2,22)23/h3-4,9,18,20H,5-8,10-11H2,1-2H3,(H,19,21). The second-order valence-corrected chi connectivity index (χ2v) is 8.18. The molecule has 0 saturated carbocycles. The van der Waals surface area contributed by atoms with E-state index in [4.69, 9.17) is 4.74 Å². The maximum absolute atomic E-state index is 13.5. The highest BCUT2D eigenvalue weighted by atomic mass is 32.2. The Bertz CT molecular complexity index is 713. The van der Waals surface area contributed by atoms with Crippen LogP contribution in [0.25, 0.3) is 0 Å². The molecule has 0 aromatic heterocycles. The third kappa shape index (κ3) is 5.65. The summed E-state index contributed by atoms with van der Waals surface area (Å²) in [6.45, 7) is 2.54. The zero-order valence-corrected chi connectivity index (χ0v) is 15.2. The number of methoxy groups -OCH3 is 1. The van der Waals surface area contributed by atoms with Crippen molar-refractivity contribution in [1.29, 1.82) is 0 Å². The van der Waals surface area contributed by atoms with Crippen LogP contribution in [0.4, 0.5) is 10.1 Å². The van der Waals surface area contributed by atoms with Gasteiger partial charge in [0.25, 0.3) is 5.91 Å². The van der Waals surface area contributed by atoms with Gasteiger partial charge in [0.05, 0.1) is 24.1 Å². The van der Waals surface area contributed by atoms with Gasteiger partial charge in [-0.25, -0.2) is 12.8 Å². The van der Waals surface area contributed by atoms with Gasteiger partial charge >= 0.3 is 0 Å². The first-order valence-corrected chi connectivity index (χ1v) is 9.89. The maximum atomic E-state index is 13.5. The molecule has 0 atom stereocenters. The number of piperidine rings is 1. The SMILES string of the molecule is COCC1(CNC(=O)c2cc(F)ccc2NS(C)(=O)=O)CCNCC1. The van der Waals surface area contributed by atoms with Gasteiger partial charge in [0, 0.05) is 19.1 Å². The Morgan fingerprint density at radius 2 is 2.04 bits per heavy atom. The number of rotatable bonds is 7. The van der Waals surface area contributed by atoms with Crippen molar-refractivity contribution >= 4 is 21.6 Å². The summed E-state index contributed by atoms with van der Waals surface area (Å²) in [5, 5.41) is 6.06. The van der Waals surface area contributed by atoms with Crippen molar-refractivity contribution in [3.63, 3.8) is 0 Å². The van der Waals surface area contributed by atoms with Gasteiger partial charge in [-0.15, -0.1) is 0 Å². The van der Waals surface area contributed by atoms with Gasteiger partial charge in [-0.05, 0) is 44.1 Å². The average Bonchev–Trinajstić information content (AvgIpc) is 2.54. The van der Waals surface area contributed by atoms with E-state index in [0.717, 1.165) is 44.3 Å². The molecule has 7 nitrogen and oxygen atoms in total. The molecule has 3 N–H and O–H groups in total. The molecule has 1 aromatic carbocycles. The lowest BCUT2D eigenvalue weighted by molar-refractivity contribution is 0.0512. The molecule has 0 radical (unpaired) electrons. The summed E-state index contributed by atoms with van der Waals surface area (Å²) in [4.78, 5) is 12.5. The monoisotopic (exact) mass is 373 g/mol. The van der Waals surface area contributed by atoms with E-state index in [1.165, 1.54) is 6.07 Å². The fraction of sp³-hybridized carbons (Fsp3) is 0.562. The lowest BCUT2D eigenvalue weighted by atomic mass is 9.79. The molecular formula is C16H24FN3O4S. The molecule has 9 heteroatoms. The van der Waals surface area contributed by atoms with Gasteiger partial charge in [0.1, 0.15) is 5.82 Å². The molecule has 0 aliphatic carbocycles. The number of hydrogen-bond acceptors (Lipinski definition) is 5.